The summed E-state index contributed by atoms with van der Waals surface area (Å²) in [7, 11) is 0. The number of para-hydroxylation sites is 2. The summed E-state index contributed by atoms with van der Waals surface area (Å²) in [6, 6.07) is 6.80. The first-order valence-electron chi connectivity index (χ1n) is 4.41. The second-order valence-corrected chi connectivity index (χ2v) is 3.21. The van der Waals surface area contributed by atoms with Gasteiger partial charge >= 0.3 is 0 Å². The Hall–Kier alpha value is -1.64. The molecule has 1 rings (SSSR count). The van der Waals surface area contributed by atoms with Crippen molar-refractivity contribution in [2.45, 2.75) is 20.3 Å². The van der Waals surface area contributed by atoms with E-state index in [2.05, 4.69) is 4.99 Å². The Labute approximate surface area is 83.1 Å². The van der Waals surface area contributed by atoms with Crippen LogP contribution in [0.3, 0.4) is 0 Å². The highest BCUT2D eigenvalue weighted by atomic mass is 16.3. The maximum atomic E-state index is 10.8. The van der Waals surface area contributed by atoms with Crippen LogP contribution in [0.15, 0.2) is 29.3 Å². The fourth-order valence-corrected chi connectivity index (χ4v) is 1.16. The summed E-state index contributed by atoms with van der Waals surface area (Å²) in [4.78, 5) is 14.9. The van der Waals surface area contributed by atoms with Crippen molar-refractivity contribution in [3.05, 3.63) is 24.3 Å². The fraction of sp³-hybridized carbons (Fsp3) is 0.273. The van der Waals surface area contributed by atoms with Crippen molar-refractivity contribution in [2.75, 3.05) is 0 Å². The van der Waals surface area contributed by atoms with Crippen LogP contribution in [0.25, 0.3) is 0 Å². The summed E-state index contributed by atoms with van der Waals surface area (Å²) in [5.41, 5.74) is 1.21. The van der Waals surface area contributed by atoms with Gasteiger partial charge in [-0.2, -0.15) is 0 Å². The van der Waals surface area contributed by atoms with Gasteiger partial charge in [0.05, 0.1) is 0 Å². The van der Waals surface area contributed by atoms with Gasteiger partial charge in [-0.05, 0) is 26.0 Å². The molecule has 0 saturated carbocycles. The lowest BCUT2D eigenvalue weighted by atomic mass is 10.2. The molecule has 1 N–H and O–H groups in total. The van der Waals surface area contributed by atoms with E-state index >= 15 is 0 Å². The van der Waals surface area contributed by atoms with E-state index in [4.69, 9.17) is 0 Å². The van der Waals surface area contributed by atoms with Crippen LogP contribution in [0.2, 0.25) is 0 Å². The monoisotopic (exact) mass is 191 g/mol. The number of aromatic hydroxyl groups is 1. The summed E-state index contributed by atoms with van der Waals surface area (Å²) < 4.78 is 0. The Morgan fingerprint density at radius 3 is 2.57 bits per heavy atom. The minimum atomic E-state index is 0.0710. The van der Waals surface area contributed by atoms with Gasteiger partial charge in [0.1, 0.15) is 17.2 Å². The summed E-state index contributed by atoms with van der Waals surface area (Å²) >= 11 is 0. The van der Waals surface area contributed by atoms with Crippen LogP contribution >= 0.6 is 0 Å². The second-order valence-electron chi connectivity index (χ2n) is 3.21. The summed E-state index contributed by atoms with van der Waals surface area (Å²) in [6.07, 6.45) is 0.328. The van der Waals surface area contributed by atoms with Crippen LogP contribution in [0.1, 0.15) is 20.3 Å². The van der Waals surface area contributed by atoms with Gasteiger partial charge in [-0.15, -0.1) is 0 Å². The van der Waals surface area contributed by atoms with E-state index in [0.29, 0.717) is 17.8 Å². The number of hydrogen-bond donors (Lipinski definition) is 1. The number of Topliss-reactive ketones (excluding diaryl/α,β-unsaturated/α-hetero) is 1. The number of phenolic OH excluding ortho intramolecular Hbond substituents is 1. The van der Waals surface area contributed by atoms with Crippen LogP contribution < -0.4 is 0 Å². The minimum Gasteiger partial charge on any atom is -0.506 e. The third-order valence-electron chi connectivity index (χ3n) is 1.70. The van der Waals surface area contributed by atoms with Crippen LogP contribution in [0, 0.1) is 0 Å². The number of rotatable bonds is 3. The number of nitrogens with zero attached hydrogens (tertiary/aromatic N) is 1. The first kappa shape index (κ1) is 10.4. The lowest BCUT2D eigenvalue weighted by Crippen LogP contribution is -1.98. The van der Waals surface area contributed by atoms with E-state index in [1.54, 1.807) is 31.2 Å². The van der Waals surface area contributed by atoms with Gasteiger partial charge in [-0.25, -0.2) is 0 Å². The summed E-state index contributed by atoms with van der Waals surface area (Å²) in [5, 5.41) is 9.40. The molecule has 0 heterocycles. The first-order chi connectivity index (χ1) is 6.59. The van der Waals surface area contributed by atoms with Crippen molar-refractivity contribution in [3.63, 3.8) is 0 Å². The number of phenols is 1. The highest BCUT2D eigenvalue weighted by Gasteiger charge is 2.00. The molecular weight excluding hydrogens is 178 g/mol. The molecular formula is C11H13NO2. The Kier molecular flexibility index (Phi) is 3.40. The van der Waals surface area contributed by atoms with Crippen LogP contribution in [0.4, 0.5) is 5.69 Å². The summed E-state index contributed by atoms with van der Waals surface area (Å²) in [5.74, 6) is 0.206. The highest BCUT2D eigenvalue weighted by molar-refractivity contribution is 6.00. The standard InChI is InChI=1S/C11H13NO2/c1-8(7-9(2)13)12-10-5-3-4-6-11(10)14/h3-6,14H,7H2,1-2H3/b12-8+. The van der Waals surface area contributed by atoms with Crippen LogP contribution in [-0.2, 0) is 4.79 Å². The zero-order chi connectivity index (χ0) is 10.6. The molecule has 0 atom stereocenters. The van der Waals surface area contributed by atoms with Crippen molar-refractivity contribution in [2.24, 2.45) is 4.99 Å². The van der Waals surface area contributed by atoms with Gasteiger partial charge in [-0.3, -0.25) is 9.79 Å². The molecule has 0 unspecified atom stereocenters. The normalized spacial score (nSPS) is 11.4. The lowest BCUT2D eigenvalue weighted by molar-refractivity contribution is -0.115. The van der Waals surface area contributed by atoms with Crippen LogP contribution in [0.5, 0.6) is 5.75 Å². The topological polar surface area (TPSA) is 49.7 Å². The predicted molar refractivity (Wildman–Crippen MR) is 56.2 cm³/mol. The van der Waals surface area contributed by atoms with Crippen molar-refractivity contribution < 1.29 is 9.90 Å². The van der Waals surface area contributed by atoms with E-state index in [9.17, 15) is 9.90 Å². The molecule has 0 aliphatic heterocycles. The molecule has 0 aromatic heterocycles. The number of aliphatic imine (C=N–C) groups is 1. The van der Waals surface area contributed by atoms with E-state index in [-0.39, 0.29) is 11.5 Å². The average Bonchev–Trinajstić information content (AvgIpc) is 2.07. The van der Waals surface area contributed by atoms with Gasteiger partial charge < -0.3 is 5.11 Å². The molecule has 0 bridgehead atoms. The summed E-state index contributed by atoms with van der Waals surface area (Å²) in [6.45, 7) is 3.29. The molecule has 1 aromatic carbocycles. The van der Waals surface area contributed by atoms with Gasteiger partial charge in [0.25, 0.3) is 0 Å². The molecule has 0 amide bonds. The molecule has 0 aliphatic carbocycles. The maximum Gasteiger partial charge on any atom is 0.141 e. The van der Waals surface area contributed by atoms with Gasteiger partial charge in [0.15, 0.2) is 0 Å². The van der Waals surface area contributed by atoms with Crippen molar-refractivity contribution in [3.8, 4) is 5.75 Å². The van der Waals surface area contributed by atoms with E-state index < -0.39 is 0 Å². The van der Waals surface area contributed by atoms with Crippen molar-refractivity contribution in [1.29, 1.82) is 0 Å². The van der Waals surface area contributed by atoms with Crippen LogP contribution in [-0.4, -0.2) is 16.6 Å². The zero-order valence-corrected chi connectivity index (χ0v) is 8.32. The Bertz CT molecular complexity index is 369. The minimum absolute atomic E-state index is 0.0710. The number of benzene rings is 1. The Morgan fingerprint density at radius 1 is 1.36 bits per heavy atom. The number of ketones is 1. The molecule has 0 spiro atoms. The molecule has 0 aliphatic rings. The van der Waals surface area contributed by atoms with Crippen molar-refractivity contribution in [1.82, 2.24) is 0 Å². The molecule has 74 valence electrons. The molecule has 14 heavy (non-hydrogen) atoms. The first-order valence-corrected chi connectivity index (χ1v) is 4.41. The predicted octanol–water partition coefficient (Wildman–Crippen LogP) is 2.46. The van der Waals surface area contributed by atoms with Gasteiger partial charge in [-0.1, -0.05) is 12.1 Å². The van der Waals surface area contributed by atoms with E-state index in [1.165, 1.54) is 6.92 Å². The fourth-order valence-electron chi connectivity index (χ4n) is 1.16. The quantitative estimate of drug-likeness (QED) is 0.746. The number of carbonyl (C=O) groups is 1. The maximum absolute atomic E-state index is 10.8. The zero-order valence-electron chi connectivity index (χ0n) is 8.32. The highest BCUT2D eigenvalue weighted by Crippen LogP contribution is 2.25. The van der Waals surface area contributed by atoms with E-state index in [1.807, 2.05) is 0 Å². The second kappa shape index (κ2) is 4.56. The molecule has 3 heteroatoms. The smallest absolute Gasteiger partial charge is 0.141 e. The Balaban J connectivity index is 2.86. The SMILES string of the molecule is CC(=O)C/C(C)=N/c1ccccc1O. The molecule has 3 nitrogen and oxygen atoms in total. The third kappa shape index (κ3) is 3.01. The van der Waals surface area contributed by atoms with E-state index in [0.717, 1.165) is 0 Å². The average molecular weight is 191 g/mol. The third-order valence-corrected chi connectivity index (χ3v) is 1.70. The molecule has 0 radical (unpaired) electrons. The molecule has 1 aromatic rings. The number of hydrogen-bond acceptors (Lipinski definition) is 3. The largest absolute Gasteiger partial charge is 0.506 e. The Morgan fingerprint density at radius 2 is 2.00 bits per heavy atom. The molecule has 0 saturated heterocycles. The van der Waals surface area contributed by atoms with Gasteiger partial charge in [0.2, 0.25) is 0 Å². The van der Waals surface area contributed by atoms with Crippen molar-refractivity contribution >= 4 is 17.2 Å². The number of carbonyl (C=O) groups excluding carboxylic acids is 1. The lowest BCUT2D eigenvalue weighted by Gasteiger charge is -2.00. The molecule has 0 fully saturated rings. The van der Waals surface area contributed by atoms with Gasteiger partial charge in [0, 0.05) is 12.1 Å².